The maximum atomic E-state index is 12.2. The summed E-state index contributed by atoms with van der Waals surface area (Å²) in [7, 11) is -3.53. The third-order valence-electron chi connectivity index (χ3n) is 3.02. The summed E-state index contributed by atoms with van der Waals surface area (Å²) in [5.41, 5.74) is 1.63. The largest absolute Gasteiger partial charge is 0.313 e. The standard InChI is InChI=1S/C16H20N2O2S/c1-2-12-17-13-14-8-10-16(11-9-14)21(19,20)18-15-6-4-3-5-7-15/h3-11,17-18H,2,12-13H2,1H3. The van der Waals surface area contributed by atoms with Crippen molar-refractivity contribution in [3.8, 4) is 0 Å². The van der Waals surface area contributed by atoms with Gasteiger partial charge in [-0.25, -0.2) is 8.42 Å². The van der Waals surface area contributed by atoms with Gasteiger partial charge >= 0.3 is 0 Å². The number of benzene rings is 2. The van der Waals surface area contributed by atoms with E-state index in [1.165, 1.54) is 0 Å². The molecule has 2 aromatic rings. The SMILES string of the molecule is CCCNCc1ccc(S(=O)(=O)Nc2ccccc2)cc1. The summed E-state index contributed by atoms with van der Waals surface area (Å²) in [6.07, 6.45) is 1.08. The van der Waals surface area contributed by atoms with Crippen molar-refractivity contribution >= 4 is 15.7 Å². The van der Waals surface area contributed by atoms with Crippen LogP contribution in [0, 0.1) is 0 Å². The molecule has 112 valence electrons. The number of anilines is 1. The van der Waals surface area contributed by atoms with Gasteiger partial charge in [0.15, 0.2) is 0 Å². The van der Waals surface area contributed by atoms with Crippen molar-refractivity contribution in [2.75, 3.05) is 11.3 Å². The third kappa shape index (κ3) is 4.58. The molecule has 0 aliphatic carbocycles. The fourth-order valence-corrected chi connectivity index (χ4v) is 2.97. The first kappa shape index (κ1) is 15.5. The highest BCUT2D eigenvalue weighted by molar-refractivity contribution is 7.92. The minimum Gasteiger partial charge on any atom is -0.313 e. The van der Waals surface area contributed by atoms with Gasteiger partial charge in [0.05, 0.1) is 4.90 Å². The Labute approximate surface area is 126 Å². The Balaban J connectivity index is 2.06. The fourth-order valence-electron chi connectivity index (χ4n) is 1.92. The van der Waals surface area contributed by atoms with Crippen molar-refractivity contribution < 1.29 is 8.42 Å². The van der Waals surface area contributed by atoms with Gasteiger partial charge in [0.1, 0.15) is 0 Å². The average Bonchev–Trinajstić information content (AvgIpc) is 2.49. The highest BCUT2D eigenvalue weighted by atomic mass is 32.2. The van der Waals surface area contributed by atoms with Crippen molar-refractivity contribution in [2.24, 2.45) is 0 Å². The van der Waals surface area contributed by atoms with Crippen LogP contribution in [0.3, 0.4) is 0 Å². The van der Waals surface area contributed by atoms with Crippen LogP contribution in [-0.4, -0.2) is 15.0 Å². The minimum atomic E-state index is -3.53. The zero-order valence-corrected chi connectivity index (χ0v) is 12.9. The number of hydrogen-bond donors (Lipinski definition) is 2. The topological polar surface area (TPSA) is 58.2 Å². The third-order valence-corrected chi connectivity index (χ3v) is 4.41. The number of nitrogens with one attached hydrogen (secondary N) is 2. The van der Waals surface area contributed by atoms with E-state index in [-0.39, 0.29) is 4.90 Å². The summed E-state index contributed by atoms with van der Waals surface area (Å²) < 4.78 is 27.1. The maximum Gasteiger partial charge on any atom is 0.261 e. The Bertz CT molecular complexity index is 652. The highest BCUT2D eigenvalue weighted by Gasteiger charge is 2.13. The van der Waals surface area contributed by atoms with Crippen LogP contribution in [0.1, 0.15) is 18.9 Å². The van der Waals surface area contributed by atoms with Crippen molar-refractivity contribution in [3.05, 3.63) is 60.2 Å². The van der Waals surface area contributed by atoms with Gasteiger partial charge in [-0.1, -0.05) is 37.3 Å². The van der Waals surface area contributed by atoms with Crippen LogP contribution in [0.25, 0.3) is 0 Å². The van der Waals surface area contributed by atoms with Gasteiger partial charge < -0.3 is 5.32 Å². The van der Waals surface area contributed by atoms with Gasteiger partial charge in [-0.3, -0.25) is 4.72 Å². The molecule has 2 aromatic carbocycles. The van der Waals surface area contributed by atoms with E-state index in [4.69, 9.17) is 0 Å². The molecule has 0 atom stereocenters. The second-order valence-corrected chi connectivity index (χ2v) is 6.47. The van der Waals surface area contributed by atoms with Crippen LogP contribution in [0.4, 0.5) is 5.69 Å². The van der Waals surface area contributed by atoms with E-state index >= 15 is 0 Å². The lowest BCUT2D eigenvalue weighted by molar-refractivity contribution is 0.601. The molecule has 0 unspecified atom stereocenters. The summed E-state index contributed by atoms with van der Waals surface area (Å²) in [6, 6.07) is 15.8. The second kappa shape index (κ2) is 7.24. The monoisotopic (exact) mass is 304 g/mol. The fraction of sp³-hybridized carbons (Fsp3) is 0.250. The van der Waals surface area contributed by atoms with E-state index in [2.05, 4.69) is 17.0 Å². The van der Waals surface area contributed by atoms with Gasteiger partial charge in [-0.15, -0.1) is 0 Å². The maximum absolute atomic E-state index is 12.2. The number of hydrogen-bond acceptors (Lipinski definition) is 3. The van der Waals surface area contributed by atoms with Crippen LogP contribution < -0.4 is 10.0 Å². The second-order valence-electron chi connectivity index (χ2n) is 4.79. The Morgan fingerprint density at radius 3 is 2.24 bits per heavy atom. The van der Waals surface area contributed by atoms with Crippen molar-refractivity contribution in [1.82, 2.24) is 5.32 Å². The Morgan fingerprint density at radius 2 is 1.62 bits per heavy atom. The lowest BCUT2D eigenvalue weighted by Gasteiger charge is -2.09. The van der Waals surface area contributed by atoms with Gasteiger partial charge in [0.25, 0.3) is 10.0 Å². The lowest BCUT2D eigenvalue weighted by atomic mass is 10.2. The molecule has 0 fully saturated rings. The van der Waals surface area contributed by atoms with Crippen LogP contribution >= 0.6 is 0 Å². The molecule has 0 aromatic heterocycles. The first-order chi connectivity index (χ1) is 10.1. The zero-order valence-electron chi connectivity index (χ0n) is 12.0. The first-order valence-electron chi connectivity index (χ1n) is 6.99. The normalized spacial score (nSPS) is 11.3. The van der Waals surface area contributed by atoms with Crippen molar-refractivity contribution in [3.63, 3.8) is 0 Å². The molecule has 2 rings (SSSR count). The predicted molar refractivity (Wildman–Crippen MR) is 85.7 cm³/mol. The molecule has 0 aliphatic heterocycles. The Hall–Kier alpha value is -1.85. The van der Waals surface area contributed by atoms with E-state index in [9.17, 15) is 8.42 Å². The number of rotatable bonds is 7. The summed E-state index contributed by atoms with van der Waals surface area (Å²) in [6.45, 7) is 3.81. The van der Waals surface area contributed by atoms with E-state index in [0.29, 0.717) is 5.69 Å². The van der Waals surface area contributed by atoms with E-state index in [1.807, 2.05) is 18.2 Å². The quantitative estimate of drug-likeness (QED) is 0.773. The Kier molecular flexibility index (Phi) is 5.36. The molecule has 0 spiro atoms. The van der Waals surface area contributed by atoms with Crippen LogP contribution in [-0.2, 0) is 16.6 Å². The lowest BCUT2D eigenvalue weighted by Crippen LogP contribution is -2.15. The molecule has 21 heavy (non-hydrogen) atoms. The van der Waals surface area contributed by atoms with Gasteiger partial charge in [-0.05, 0) is 42.8 Å². The molecule has 2 N–H and O–H groups in total. The number of sulfonamides is 1. The van der Waals surface area contributed by atoms with E-state index < -0.39 is 10.0 Å². The predicted octanol–water partition coefficient (Wildman–Crippen LogP) is 2.99. The van der Waals surface area contributed by atoms with Crippen LogP contribution in [0.2, 0.25) is 0 Å². The number of para-hydroxylation sites is 1. The summed E-state index contributed by atoms with van der Waals surface area (Å²) in [5.74, 6) is 0. The molecule has 0 saturated carbocycles. The Morgan fingerprint density at radius 1 is 0.952 bits per heavy atom. The summed E-state index contributed by atoms with van der Waals surface area (Å²) in [4.78, 5) is 0.269. The highest BCUT2D eigenvalue weighted by Crippen LogP contribution is 2.16. The smallest absolute Gasteiger partial charge is 0.261 e. The minimum absolute atomic E-state index is 0.269. The molecule has 0 saturated heterocycles. The van der Waals surface area contributed by atoms with Gasteiger partial charge in [-0.2, -0.15) is 0 Å². The summed E-state index contributed by atoms with van der Waals surface area (Å²) >= 11 is 0. The van der Waals surface area contributed by atoms with Crippen LogP contribution in [0.15, 0.2) is 59.5 Å². The molecule has 0 radical (unpaired) electrons. The van der Waals surface area contributed by atoms with Crippen LogP contribution in [0.5, 0.6) is 0 Å². The van der Waals surface area contributed by atoms with Crippen molar-refractivity contribution in [1.29, 1.82) is 0 Å². The molecule has 4 nitrogen and oxygen atoms in total. The molecule has 0 heterocycles. The molecule has 0 aliphatic rings. The van der Waals surface area contributed by atoms with Crippen molar-refractivity contribution in [2.45, 2.75) is 24.8 Å². The van der Waals surface area contributed by atoms with E-state index in [0.717, 1.165) is 25.1 Å². The van der Waals surface area contributed by atoms with Gasteiger partial charge in [0.2, 0.25) is 0 Å². The van der Waals surface area contributed by atoms with E-state index in [1.54, 1.807) is 36.4 Å². The van der Waals surface area contributed by atoms with Gasteiger partial charge in [0, 0.05) is 12.2 Å². The zero-order chi connectivity index (χ0) is 15.1. The molecule has 0 amide bonds. The molecule has 0 bridgehead atoms. The first-order valence-corrected chi connectivity index (χ1v) is 8.47. The average molecular weight is 304 g/mol. The molecular formula is C16H20N2O2S. The molecule has 5 heteroatoms. The summed E-state index contributed by atoms with van der Waals surface area (Å²) in [5, 5.41) is 3.28. The molecular weight excluding hydrogens is 284 g/mol.